The lowest BCUT2D eigenvalue weighted by Crippen LogP contribution is -2.26. The fourth-order valence-corrected chi connectivity index (χ4v) is 2.42. The number of hydrogen-bond donors (Lipinski definition) is 2. The number of hydrogen-bond acceptors (Lipinski definition) is 5. The number of nitriles is 1. The van der Waals surface area contributed by atoms with E-state index in [4.69, 9.17) is 11.0 Å². The van der Waals surface area contributed by atoms with Gasteiger partial charge in [0, 0.05) is 0 Å². The Morgan fingerprint density at radius 2 is 2.26 bits per heavy atom. The van der Waals surface area contributed by atoms with Gasteiger partial charge in [-0.25, -0.2) is 13.4 Å². The van der Waals surface area contributed by atoms with Crippen LogP contribution >= 0.6 is 0 Å². The lowest BCUT2D eigenvalue weighted by atomic mass is 10.3. The summed E-state index contributed by atoms with van der Waals surface area (Å²) >= 11 is 0. The largest absolute Gasteiger partial charge is 0.320 e. The number of nitrogens with zero attached hydrogens (tertiary/aromatic N) is 2. The van der Waals surface area contributed by atoms with Crippen molar-refractivity contribution in [3.05, 3.63) is 23.9 Å². The number of pyridine rings is 1. The molecule has 0 aliphatic carbocycles. The van der Waals surface area contributed by atoms with E-state index < -0.39 is 15.3 Å². The number of anilines is 1. The number of rotatable bonds is 4. The quantitative estimate of drug-likeness (QED) is 0.776. The summed E-state index contributed by atoms with van der Waals surface area (Å²) in [6.45, 7) is 1.83. The second kappa shape index (κ2) is 6.74. The van der Waals surface area contributed by atoms with Crippen LogP contribution in [0.25, 0.3) is 0 Å². The van der Waals surface area contributed by atoms with Crippen LogP contribution in [0, 0.1) is 23.2 Å². The van der Waals surface area contributed by atoms with E-state index in [2.05, 4.69) is 21.5 Å². The minimum absolute atomic E-state index is 0.137. The van der Waals surface area contributed by atoms with Crippen LogP contribution in [-0.2, 0) is 10.0 Å². The average Bonchev–Trinajstić information content (AvgIpc) is 2.37. The molecule has 0 saturated heterocycles. The number of sulfonamides is 1. The van der Waals surface area contributed by atoms with Gasteiger partial charge in [-0.05, 0) is 24.5 Å². The van der Waals surface area contributed by atoms with Crippen molar-refractivity contribution in [1.29, 1.82) is 5.26 Å². The van der Waals surface area contributed by atoms with Crippen molar-refractivity contribution in [3.63, 3.8) is 0 Å². The van der Waals surface area contributed by atoms with Crippen molar-refractivity contribution < 1.29 is 8.42 Å². The van der Waals surface area contributed by atoms with E-state index in [-0.39, 0.29) is 18.8 Å². The maximum atomic E-state index is 11.9. The molecule has 0 saturated carbocycles. The standard InChI is InChI=1S/C12H14N4O2S/c1-2-11(9-14)19(17,18)16-12-7-3-5-10(15-12)6-4-8-13/h3,5,7,11H,2,8,13H2,1H3,(H,15,16). The zero-order chi connectivity index (χ0) is 14.3. The van der Waals surface area contributed by atoms with E-state index in [0.29, 0.717) is 5.69 Å². The Hall–Kier alpha value is -2.09. The highest BCUT2D eigenvalue weighted by Crippen LogP contribution is 2.11. The third-order valence-corrected chi connectivity index (χ3v) is 3.89. The van der Waals surface area contributed by atoms with Crippen LogP contribution < -0.4 is 10.5 Å². The van der Waals surface area contributed by atoms with E-state index in [0.717, 1.165) is 0 Å². The first kappa shape index (κ1) is 15.0. The van der Waals surface area contributed by atoms with Gasteiger partial charge in [0.15, 0.2) is 5.25 Å². The fraction of sp³-hybridized carbons (Fsp3) is 0.333. The van der Waals surface area contributed by atoms with Gasteiger partial charge in [-0.3, -0.25) is 4.72 Å². The molecule has 0 radical (unpaired) electrons. The van der Waals surface area contributed by atoms with Gasteiger partial charge in [-0.1, -0.05) is 18.9 Å². The molecular formula is C12H14N4O2S. The SMILES string of the molecule is CCC(C#N)S(=O)(=O)Nc1cccc(C#CCN)n1. The maximum absolute atomic E-state index is 11.9. The van der Waals surface area contributed by atoms with Crippen molar-refractivity contribution in [2.45, 2.75) is 18.6 Å². The summed E-state index contributed by atoms with van der Waals surface area (Å²) in [5.74, 6) is 5.46. The second-order valence-electron chi connectivity index (χ2n) is 3.59. The molecule has 6 nitrogen and oxygen atoms in total. The van der Waals surface area contributed by atoms with Gasteiger partial charge in [-0.15, -0.1) is 0 Å². The molecule has 3 N–H and O–H groups in total. The van der Waals surface area contributed by atoms with Crippen LogP contribution in [-0.4, -0.2) is 25.2 Å². The molecule has 1 aromatic heterocycles. The first-order chi connectivity index (χ1) is 9.03. The zero-order valence-electron chi connectivity index (χ0n) is 10.4. The van der Waals surface area contributed by atoms with Gasteiger partial charge < -0.3 is 5.73 Å². The highest BCUT2D eigenvalue weighted by atomic mass is 32.2. The number of nitrogens with one attached hydrogen (secondary N) is 1. The molecule has 19 heavy (non-hydrogen) atoms. The van der Waals surface area contributed by atoms with Crippen LogP contribution in [0.3, 0.4) is 0 Å². The van der Waals surface area contributed by atoms with Gasteiger partial charge in [0.05, 0.1) is 12.6 Å². The van der Waals surface area contributed by atoms with Crippen LogP contribution in [0.4, 0.5) is 5.82 Å². The Morgan fingerprint density at radius 1 is 1.53 bits per heavy atom. The lowest BCUT2D eigenvalue weighted by Gasteiger charge is -2.10. The maximum Gasteiger partial charge on any atom is 0.250 e. The monoisotopic (exact) mass is 278 g/mol. The number of aromatic nitrogens is 1. The van der Waals surface area contributed by atoms with Crippen LogP contribution in [0.2, 0.25) is 0 Å². The molecule has 1 heterocycles. The normalized spacial score (nSPS) is 11.8. The van der Waals surface area contributed by atoms with Crippen LogP contribution in [0.5, 0.6) is 0 Å². The van der Waals surface area contributed by atoms with E-state index >= 15 is 0 Å². The summed E-state index contributed by atoms with van der Waals surface area (Å²) in [4.78, 5) is 4.02. The Morgan fingerprint density at radius 3 is 2.84 bits per heavy atom. The summed E-state index contributed by atoms with van der Waals surface area (Å²) in [5.41, 5.74) is 5.66. The molecule has 0 fully saturated rings. The predicted molar refractivity (Wildman–Crippen MR) is 72.4 cm³/mol. The Labute approximate surface area is 112 Å². The van der Waals surface area contributed by atoms with E-state index in [1.54, 1.807) is 25.1 Å². The molecule has 1 atom stereocenters. The van der Waals surface area contributed by atoms with E-state index in [1.807, 2.05) is 0 Å². The first-order valence-corrected chi connectivity index (χ1v) is 7.15. The van der Waals surface area contributed by atoms with Crippen molar-refractivity contribution in [2.24, 2.45) is 5.73 Å². The molecule has 100 valence electrons. The smallest absolute Gasteiger partial charge is 0.250 e. The molecule has 7 heteroatoms. The summed E-state index contributed by atoms with van der Waals surface area (Å²) in [6, 6.07) is 6.50. The molecule has 0 aromatic carbocycles. The summed E-state index contributed by atoms with van der Waals surface area (Å²) in [5, 5.41) is 7.68. The minimum Gasteiger partial charge on any atom is -0.320 e. The summed E-state index contributed by atoms with van der Waals surface area (Å²) in [6.07, 6.45) is 0.207. The first-order valence-electron chi connectivity index (χ1n) is 5.60. The highest BCUT2D eigenvalue weighted by Gasteiger charge is 2.23. The molecule has 0 spiro atoms. The van der Waals surface area contributed by atoms with Gasteiger partial charge in [0.1, 0.15) is 11.5 Å². The van der Waals surface area contributed by atoms with Gasteiger partial charge in [0.25, 0.3) is 0 Å². The minimum atomic E-state index is -3.76. The molecule has 0 aliphatic heterocycles. The summed E-state index contributed by atoms with van der Waals surface area (Å²) in [7, 11) is -3.76. The zero-order valence-corrected chi connectivity index (χ0v) is 11.2. The van der Waals surface area contributed by atoms with E-state index in [1.165, 1.54) is 6.07 Å². The van der Waals surface area contributed by atoms with Crippen LogP contribution in [0.1, 0.15) is 19.0 Å². The second-order valence-corrected chi connectivity index (χ2v) is 5.45. The topological polar surface area (TPSA) is 109 Å². The Kier molecular flexibility index (Phi) is 5.31. The Balaban J connectivity index is 2.98. The molecule has 1 unspecified atom stereocenters. The van der Waals surface area contributed by atoms with Gasteiger partial charge in [-0.2, -0.15) is 5.26 Å². The highest BCUT2D eigenvalue weighted by molar-refractivity contribution is 7.93. The van der Waals surface area contributed by atoms with Crippen molar-refractivity contribution in [3.8, 4) is 17.9 Å². The average molecular weight is 278 g/mol. The lowest BCUT2D eigenvalue weighted by molar-refractivity contribution is 0.592. The molecule has 1 aromatic rings. The van der Waals surface area contributed by atoms with Crippen LogP contribution in [0.15, 0.2) is 18.2 Å². The third-order valence-electron chi connectivity index (χ3n) is 2.20. The van der Waals surface area contributed by atoms with E-state index in [9.17, 15) is 8.42 Å². The molecular weight excluding hydrogens is 264 g/mol. The fourth-order valence-electron chi connectivity index (χ4n) is 1.30. The molecule has 0 aliphatic rings. The van der Waals surface area contributed by atoms with Crippen molar-refractivity contribution in [1.82, 2.24) is 4.98 Å². The Bertz CT molecular complexity index is 638. The molecule has 0 bridgehead atoms. The summed E-state index contributed by atoms with van der Waals surface area (Å²) < 4.78 is 26.0. The third kappa shape index (κ3) is 4.25. The number of nitrogens with two attached hydrogens (primary N) is 1. The van der Waals surface area contributed by atoms with Gasteiger partial charge in [0.2, 0.25) is 10.0 Å². The van der Waals surface area contributed by atoms with Crippen molar-refractivity contribution >= 4 is 15.8 Å². The molecule has 1 rings (SSSR count). The van der Waals surface area contributed by atoms with Crippen molar-refractivity contribution in [2.75, 3.05) is 11.3 Å². The molecule has 0 amide bonds. The van der Waals surface area contributed by atoms with Gasteiger partial charge >= 0.3 is 0 Å². The predicted octanol–water partition coefficient (Wildman–Crippen LogP) is 0.436.